The highest BCUT2D eigenvalue weighted by Gasteiger charge is 2.27. The van der Waals surface area contributed by atoms with Crippen LogP contribution in [0.5, 0.6) is 0 Å². The minimum atomic E-state index is -3.94. The lowest BCUT2D eigenvalue weighted by atomic mass is 10.2. The van der Waals surface area contributed by atoms with E-state index in [1.54, 1.807) is 36.4 Å². The predicted molar refractivity (Wildman–Crippen MR) is 91.1 cm³/mol. The third-order valence-electron chi connectivity index (χ3n) is 3.50. The van der Waals surface area contributed by atoms with Crippen LogP contribution in [0.4, 0.5) is 8.78 Å². The van der Waals surface area contributed by atoms with Crippen molar-refractivity contribution in [1.82, 2.24) is 4.31 Å². The van der Waals surface area contributed by atoms with Crippen molar-refractivity contribution in [2.45, 2.75) is 24.5 Å². The van der Waals surface area contributed by atoms with Gasteiger partial charge in [0.25, 0.3) is 0 Å². The quantitative estimate of drug-likeness (QED) is 0.731. The molecule has 3 nitrogen and oxygen atoms in total. The summed E-state index contributed by atoms with van der Waals surface area (Å²) in [6, 6.07) is 12.8. The number of sulfonamides is 1. The molecule has 0 fully saturated rings. The Morgan fingerprint density at radius 3 is 2.21 bits per heavy atom. The SMILES string of the molecule is Cc1ccc(S(=O)(=O)N(Cc2ccc(Cl)cc2)CC(F)CF)cc1. The smallest absolute Gasteiger partial charge is 0.243 e. The number of halogens is 3. The number of benzene rings is 2. The van der Waals surface area contributed by atoms with Gasteiger partial charge in [0.2, 0.25) is 10.0 Å². The molecule has 2 aromatic rings. The summed E-state index contributed by atoms with van der Waals surface area (Å²) in [4.78, 5) is 0.0492. The molecule has 24 heavy (non-hydrogen) atoms. The Morgan fingerprint density at radius 2 is 1.67 bits per heavy atom. The van der Waals surface area contributed by atoms with Crippen LogP contribution in [0.15, 0.2) is 53.4 Å². The first kappa shape index (κ1) is 18.8. The Morgan fingerprint density at radius 1 is 1.08 bits per heavy atom. The lowest BCUT2D eigenvalue weighted by Gasteiger charge is -2.23. The maximum Gasteiger partial charge on any atom is 0.243 e. The molecule has 0 aliphatic carbocycles. The Kier molecular flexibility index (Phi) is 6.32. The first-order valence-electron chi connectivity index (χ1n) is 7.34. The van der Waals surface area contributed by atoms with Crippen molar-refractivity contribution in [3.63, 3.8) is 0 Å². The van der Waals surface area contributed by atoms with Crippen LogP contribution in [0.25, 0.3) is 0 Å². The van der Waals surface area contributed by atoms with Gasteiger partial charge >= 0.3 is 0 Å². The topological polar surface area (TPSA) is 37.4 Å². The van der Waals surface area contributed by atoms with Crippen LogP contribution in [-0.2, 0) is 16.6 Å². The van der Waals surface area contributed by atoms with Crippen LogP contribution in [0, 0.1) is 6.92 Å². The third-order valence-corrected chi connectivity index (χ3v) is 5.58. The van der Waals surface area contributed by atoms with Gasteiger partial charge in [0.1, 0.15) is 12.8 Å². The Labute approximate surface area is 145 Å². The molecule has 0 saturated heterocycles. The number of hydrogen-bond donors (Lipinski definition) is 0. The molecule has 0 aromatic heterocycles. The van der Waals surface area contributed by atoms with E-state index >= 15 is 0 Å². The molecule has 0 saturated carbocycles. The minimum Gasteiger partial charge on any atom is -0.248 e. The van der Waals surface area contributed by atoms with Gasteiger partial charge in [-0.25, -0.2) is 17.2 Å². The first-order valence-corrected chi connectivity index (χ1v) is 9.16. The zero-order valence-corrected chi connectivity index (χ0v) is 14.7. The summed E-state index contributed by atoms with van der Waals surface area (Å²) in [6.45, 7) is -0.00770. The minimum absolute atomic E-state index is 0.0492. The van der Waals surface area contributed by atoms with E-state index in [1.165, 1.54) is 12.1 Å². The molecule has 2 rings (SSSR count). The molecule has 2 aromatic carbocycles. The number of rotatable bonds is 7. The maximum atomic E-state index is 13.6. The largest absolute Gasteiger partial charge is 0.248 e. The predicted octanol–water partition coefficient (Wildman–Crippen LogP) is 4.15. The fourth-order valence-electron chi connectivity index (χ4n) is 2.17. The molecule has 0 spiro atoms. The van der Waals surface area contributed by atoms with E-state index in [-0.39, 0.29) is 11.4 Å². The molecule has 0 N–H and O–H groups in total. The second-order valence-corrected chi connectivity index (χ2v) is 7.86. The van der Waals surface area contributed by atoms with Crippen molar-refractivity contribution in [2.24, 2.45) is 0 Å². The van der Waals surface area contributed by atoms with Crippen molar-refractivity contribution in [3.8, 4) is 0 Å². The normalized spacial score (nSPS) is 13.2. The summed E-state index contributed by atoms with van der Waals surface area (Å²) in [5.41, 5.74) is 1.55. The summed E-state index contributed by atoms with van der Waals surface area (Å²) >= 11 is 5.81. The second-order valence-electron chi connectivity index (χ2n) is 5.49. The van der Waals surface area contributed by atoms with Crippen LogP contribution in [0.3, 0.4) is 0 Å². The number of hydrogen-bond acceptors (Lipinski definition) is 2. The molecule has 1 unspecified atom stereocenters. The third kappa shape index (κ3) is 4.75. The van der Waals surface area contributed by atoms with Gasteiger partial charge < -0.3 is 0 Å². The zero-order valence-electron chi connectivity index (χ0n) is 13.1. The Bertz CT molecular complexity index is 764. The summed E-state index contributed by atoms with van der Waals surface area (Å²) in [5, 5.41) is 0.513. The molecular formula is C17H18ClF2NO2S. The van der Waals surface area contributed by atoms with Crippen molar-refractivity contribution in [1.29, 1.82) is 0 Å². The van der Waals surface area contributed by atoms with Crippen LogP contribution in [0.1, 0.15) is 11.1 Å². The van der Waals surface area contributed by atoms with Crippen molar-refractivity contribution >= 4 is 21.6 Å². The van der Waals surface area contributed by atoms with E-state index in [9.17, 15) is 17.2 Å². The van der Waals surface area contributed by atoms with E-state index in [0.717, 1.165) is 9.87 Å². The number of aryl methyl sites for hydroxylation is 1. The van der Waals surface area contributed by atoms with Crippen LogP contribution in [-0.4, -0.2) is 32.1 Å². The second kappa shape index (κ2) is 8.05. The lowest BCUT2D eigenvalue weighted by Crippen LogP contribution is -2.36. The van der Waals surface area contributed by atoms with E-state index in [0.29, 0.717) is 10.6 Å². The molecule has 7 heteroatoms. The Balaban J connectivity index is 2.33. The Hall–Kier alpha value is -1.50. The molecule has 0 aliphatic rings. The molecule has 0 bridgehead atoms. The van der Waals surface area contributed by atoms with Gasteiger partial charge in [0.15, 0.2) is 0 Å². The lowest BCUT2D eigenvalue weighted by molar-refractivity contribution is 0.213. The van der Waals surface area contributed by atoms with Gasteiger partial charge in [0, 0.05) is 18.1 Å². The molecule has 0 aliphatic heterocycles. The van der Waals surface area contributed by atoms with Gasteiger partial charge in [0.05, 0.1) is 4.90 Å². The van der Waals surface area contributed by atoms with Crippen LogP contribution in [0.2, 0.25) is 5.02 Å². The molecule has 1 atom stereocenters. The number of nitrogens with zero attached hydrogens (tertiary/aromatic N) is 1. The molecule has 130 valence electrons. The van der Waals surface area contributed by atoms with Crippen molar-refractivity contribution < 1.29 is 17.2 Å². The average Bonchev–Trinajstić information content (AvgIpc) is 2.56. The van der Waals surface area contributed by atoms with E-state index in [2.05, 4.69) is 0 Å². The fraction of sp³-hybridized carbons (Fsp3) is 0.294. The van der Waals surface area contributed by atoms with Gasteiger partial charge in [-0.2, -0.15) is 4.31 Å². The van der Waals surface area contributed by atoms with E-state index < -0.39 is 29.4 Å². The average molecular weight is 374 g/mol. The molecular weight excluding hydrogens is 356 g/mol. The van der Waals surface area contributed by atoms with Gasteiger partial charge in [-0.15, -0.1) is 0 Å². The van der Waals surface area contributed by atoms with Gasteiger partial charge in [-0.3, -0.25) is 0 Å². The summed E-state index contributed by atoms with van der Waals surface area (Å²) in [7, 11) is -3.94. The van der Waals surface area contributed by atoms with Crippen LogP contribution >= 0.6 is 11.6 Å². The summed E-state index contributed by atoms with van der Waals surface area (Å²) in [6.07, 6.45) is -1.88. The zero-order chi connectivity index (χ0) is 17.7. The van der Waals surface area contributed by atoms with Crippen LogP contribution < -0.4 is 0 Å². The van der Waals surface area contributed by atoms with Crippen molar-refractivity contribution in [2.75, 3.05) is 13.2 Å². The highest BCUT2D eigenvalue weighted by atomic mass is 35.5. The van der Waals surface area contributed by atoms with E-state index in [1.807, 2.05) is 6.92 Å². The number of alkyl halides is 2. The fourth-order valence-corrected chi connectivity index (χ4v) is 3.75. The maximum absolute atomic E-state index is 13.6. The van der Waals surface area contributed by atoms with Crippen molar-refractivity contribution in [3.05, 3.63) is 64.7 Å². The summed E-state index contributed by atoms with van der Waals surface area (Å²) < 4.78 is 52.6. The van der Waals surface area contributed by atoms with E-state index in [4.69, 9.17) is 11.6 Å². The highest BCUT2D eigenvalue weighted by Crippen LogP contribution is 2.21. The van der Waals surface area contributed by atoms with Gasteiger partial charge in [-0.1, -0.05) is 41.4 Å². The summed E-state index contributed by atoms with van der Waals surface area (Å²) in [5.74, 6) is 0. The van der Waals surface area contributed by atoms with Gasteiger partial charge in [-0.05, 0) is 36.8 Å². The highest BCUT2D eigenvalue weighted by molar-refractivity contribution is 7.89. The molecule has 0 amide bonds. The standard InChI is InChI=1S/C17H18ClF2NO2S/c1-13-2-8-17(9-3-13)24(22,23)21(12-16(20)10-19)11-14-4-6-15(18)7-5-14/h2-9,16H,10-12H2,1H3. The monoisotopic (exact) mass is 373 g/mol. The molecule has 0 heterocycles. The molecule has 0 radical (unpaired) electrons. The first-order chi connectivity index (χ1) is 11.3.